The number of likely N-dealkylation sites (N-methyl/N-ethyl adjacent to an activating group) is 1. The zero-order chi connectivity index (χ0) is 15.8. The Balaban J connectivity index is 2.52. The Morgan fingerprint density at radius 2 is 2.10 bits per heavy atom. The van der Waals surface area contributed by atoms with Gasteiger partial charge in [-0.2, -0.15) is 0 Å². The van der Waals surface area contributed by atoms with Crippen LogP contribution in [0, 0.1) is 0 Å². The summed E-state index contributed by atoms with van der Waals surface area (Å²) >= 11 is 0. The molecule has 1 heterocycles. The number of esters is 1. The molecule has 0 radical (unpaired) electrons. The van der Waals surface area contributed by atoms with E-state index in [9.17, 15) is 4.79 Å². The van der Waals surface area contributed by atoms with Crippen molar-refractivity contribution in [1.82, 2.24) is 15.1 Å². The molecule has 0 spiro atoms. The molecular formula is C16H33N3O2. The molecule has 1 saturated heterocycles. The van der Waals surface area contributed by atoms with Gasteiger partial charge in [0.05, 0.1) is 6.61 Å². The van der Waals surface area contributed by atoms with Crippen LogP contribution in [0.5, 0.6) is 0 Å². The average Bonchev–Trinajstić information content (AvgIpc) is 2.55. The summed E-state index contributed by atoms with van der Waals surface area (Å²) in [6.07, 6.45) is 2.01. The quantitative estimate of drug-likeness (QED) is 0.719. The van der Waals surface area contributed by atoms with Gasteiger partial charge in [-0.3, -0.25) is 9.69 Å². The van der Waals surface area contributed by atoms with E-state index in [0.717, 1.165) is 32.6 Å². The van der Waals surface area contributed by atoms with Crippen molar-refractivity contribution < 1.29 is 9.53 Å². The number of hydrogen-bond acceptors (Lipinski definition) is 5. The first kappa shape index (κ1) is 18.4. The van der Waals surface area contributed by atoms with E-state index >= 15 is 0 Å². The molecule has 5 nitrogen and oxygen atoms in total. The fourth-order valence-corrected chi connectivity index (χ4v) is 2.96. The zero-order valence-corrected chi connectivity index (χ0v) is 14.4. The highest BCUT2D eigenvalue weighted by Crippen LogP contribution is 2.10. The van der Waals surface area contributed by atoms with Gasteiger partial charge < -0.3 is 15.0 Å². The molecule has 0 aromatic rings. The van der Waals surface area contributed by atoms with Crippen LogP contribution in [0.15, 0.2) is 0 Å². The predicted molar refractivity (Wildman–Crippen MR) is 86.5 cm³/mol. The van der Waals surface area contributed by atoms with Crippen molar-refractivity contribution in [2.24, 2.45) is 0 Å². The number of carbonyl (C=O) groups excluding carboxylic acids is 1. The Hall–Kier alpha value is -0.650. The van der Waals surface area contributed by atoms with Crippen LogP contribution in [-0.2, 0) is 9.53 Å². The fourth-order valence-electron chi connectivity index (χ4n) is 2.96. The minimum atomic E-state index is -0.196. The third-order valence-corrected chi connectivity index (χ3v) is 4.00. The smallest absolute Gasteiger partial charge is 0.323 e. The molecule has 1 N–H and O–H groups in total. The second-order valence-electron chi connectivity index (χ2n) is 6.42. The molecule has 0 aliphatic carbocycles. The molecule has 0 saturated carbocycles. The maximum absolute atomic E-state index is 12.0. The summed E-state index contributed by atoms with van der Waals surface area (Å²) in [5.41, 5.74) is 0. The van der Waals surface area contributed by atoms with Crippen molar-refractivity contribution in [2.45, 2.75) is 58.7 Å². The van der Waals surface area contributed by atoms with Gasteiger partial charge in [-0.15, -0.1) is 0 Å². The lowest BCUT2D eigenvalue weighted by atomic mass is 10.1. The average molecular weight is 299 g/mol. The van der Waals surface area contributed by atoms with Crippen molar-refractivity contribution in [1.29, 1.82) is 0 Å². The molecule has 0 amide bonds. The van der Waals surface area contributed by atoms with Gasteiger partial charge in [0.2, 0.25) is 0 Å². The lowest BCUT2D eigenvalue weighted by molar-refractivity contribution is -0.146. The van der Waals surface area contributed by atoms with Gasteiger partial charge in [-0.1, -0.05) is 13.8 Å². The van der Waals surface area contributed by atoms with Crippen molar-refractivity contribution in [3.63, 3.8) is 0 Å². The van der Waals surface area contributed by atoms with Crippen molar-refractivity contribution in [3.8, 4) is 0 Å². The molecule has 1 fully saturated rings. The van der Waals surface area contributed by atoms with Gasteiger partial charge in [0.1, 0.15) is 6.04 Å². The Morgan fingerprint density at radius 1 is 1.38 bits per heavy atom. The van der Waals surface area contributed by atoms with E-state index in [-0.39, 0.29) is 18.1 Å². The first-order chi connectivity index (χ1) is 9.93. The van der Waals surface area contributed by atoms with Gasteiger partial charge in [0.25, 0.3) is 0 Å². The maximum atomic E-state index is 12.0. The number of nitrogens with one attached hydrogen (secondary N) is 1. The van der Waals surface area contributed by atoms with Crippen LogP contribution in [-0.4, -0.2) is 73.7 Å². The highest BCUT2D eigenvalue weighted by atomic mass is 16.5. The van der Waals surface area contributed by atoms with Crippen LogP contribution >= 0.6 is 0 Å². The van der Waals surface area contributed by atoms with Crippen LogP contribution in [0.3, 0.4) is 0 Å². The monoisotopic (exact) mass is 299 g/mol. The van der Waals surface area contributed by atoms with Crippen LogP contribution in [0.1, 0.15) is 40.5 Å². The number of carbonyl (C=O) groups is 1. The number of rotatable bonds is 7. The normalized spacial score (nSPS) is 23.0. The standard InChI is InChI=1S/C16H33N3O2/c1-6-21-16(20)15(17-13(2)3)8-11-19-10-7-9-18(5)12-14(19)4/h13-15,17H,6-12H2,1-5H3. The first-order valence-corrected chi connectivity index (χ1v) is 8.29. The van der Waals surface area contributed by atoms with Gasteiger partial charge >= 0.3 is 5.97 Å². The third kappa shape index (κ3) is 6.76. The SMILES string of the molecule is CCOC(=O)C(CCN1CCCN(C)CC1C)NC(C)C. The molecular weight excluding hydrogens is 266 g/mol. The molecule has 0 aromatic carbocycles. The Kier molecular flexibility index (Phi) is 8.22. The summed E-state index contributed by atoms with van der Waals surface area (Å²) < 4.78 is 5.19. The van der Waals surface area contributed by atoms with Crippen molar-refractivity contribution in [3.05, 3.63) is 0 Å². The molecule has 0 aromatic heterocycles. The minimum Gasteiger partial charge on any atom is -0.465 e. The van der Waals surface area contributed by atoms with Crippen LogP contribution in [0.25, 0.3) is 0 Å². The highest BCUT2D eigenvalue weighted by Gasteiger charge is 2.24. The minimum absolute atomic E-state index is 0.120. The van der Waals surface area contributed by atoms with Gasteiger partial charge in [0, 0.05) is 25.2 Å². The zero-order valence-electron chi connectivity index (χ0n) is 14.4. The highest BCUT2D eigenvalue weighted by molar-refractivity contribution is 5.75. The van der Waals surface area contributed by atoms with E-state index < -0.39 is 0 Å². The van der Waals surface area contributed by atoms with Gasteiger partial charge in [-0.05, 0) is 46.8 Å². The fraction of sp³-hybridized carbons (Fsp3) is 0.938. The van der Waals surface area contributed by atoms with Gasteiger partial charge in [-0.25, -0.2) is 0 Å². The summed E-state index contributed by atoms with van der Waals surface area (Å²) in [6.45, 7) is 13.0. The number of nitrogens with zero attached hydrogens (tertiary/aromatic N) is 2. The van der Waals surface area contributed by atoms with E-state index in [1.807, 2.05) is 6.92 Å². The van der Waals surface area contributed by atoms with Crippen molar-refractivity contribution in [2.75, 3.05) is 39.8 Å². The number of ether oxygens (including phenoxy) is 1. The van der Waals surface area contributed by atoms with Crippen molar-refractivity contribution >= 4 is 5.97 Å². The molecule has 21 heavy (non-hydrogen) atoms. The third-order valence-electron chi connectivity index (χ3n) is 4.00. The number of hydrogen-bond donors (Lipinski definition) is 1. The Labute approximate surface area is 130 Å². The lowest BCUT2D eigenvalue weighted by Gasteiger charge is -2.29. The van der Waals surface area contributed by atoms with Gasteiger partial charge in [0.15, 0.2) is 0 Å². The molecule has 1 rings (SSSR count). The summed E-state index contributed by atoms with van der Waals surface area (Å²) in [5.74, 6) is -0.120. The molecule has 124 valence electrons. The van der Waals surface area contributed by atoms with E-state index in [2.05, 4.69) is 42.9 Å². The Morgan fingerprint density at radius 3 is 2.71 bits per heavy atom. The van der Waals surface area contributed by atoms with Crippen LogP contribution in [0.4, 0.5) is 0 Å². The summed E-state index contributed by atoms with van der Waals surface area (Å²) in [7, 11) is 2.18. The maximum Gasteiger partial charge on any atom is 0.323 e. The van der Waals surface area contributed by atoms with E-state index in [0.29, 0.717) is 12.6 Å². The molecule has 2 atom stereocenters. The van der Waals surface area contributed by atoms with Crippen LogP contribution < -0.4 is 5.32 Å². The molecule has 0 bridgehead atoms. The first-order valence-electron chi connectivity index (χ1n) is 8.29. The molecule has 5 heteroatoms. The second kappa shape index (κ2) is 9.38. The van der Waals surface area contributed by atoms with E-state index in [4.69, 9.17) is 4.74 Å². The topological polar surface area (TPSA) is 44.8 Å². The summed E-state index contributed by atoms with van der Waals surface area (Å²) in [4.78, 5) is 16.9. The van der Waals surface area contributed by atoms with E-state index in [1.165, 1.54) is 6.42 Å². The Bertz CT molecular complexity index is 310. The second-order valence-corrected chi connectivity index (χ2v) is 6.42. The summed E-state index contributed by atoms with van der Waals surface area (Å²) in [5, 5.41) is 3.33. The molecule has 1 aliphatic heterocycles. The largest absolute Gasteiger partial charge is 0.465 e. The summed E-state index contributed by atoms with van der Waals surface area (Å²) in [6, 6.07) is 0.629. The predicted octanol–water partition coefficient (Wildman–Crippen LogP) is 1.33. The van der Waals surface area contributed by atoms with E-state index in [1.54, 1.807) is 0 Å². The molecule has 1 aliphatic rings. The van der Waals surface area contributed by atoms with Crippen LogP contribution in [0.2, 0.25) is 0 Å². The lowest BCUT2D eigenvalue weighted by Crippen LogP contribution is -2.46. The molecule has 2 unspecified atom stereocenters.